The van der Waals surface area contributed by atoms with E-state index >= 15 is 0 Å². The van der Waals surface area contributed by atoms with Crippen LogP contribution in [0.5, 0.6) is 5.75 Å². The highest BCUT2D eigenvalue weighted by Gasteiger charge is 2.40. The van der Waals surface area contributed by atoms with Crippen molar-refractivity contribution in [3.05, 3.63) is 122 Å². The molecule has 3 amide bonds. The number of imide groups is 1. The van der Waals surface area contributed by atoms with Crippen LogP contribution in [0.15, 0.2) is 122 Å². The lowest BCUT2D eigenvalue weighted by Gasteiger charge is -2.15. The van der Waals surface area contributed by atoms with Crippen molar-refractivity contribution in [1.29, 1.82) is 0 Å². The van der Waals surface area contributed by atoms with E-state index in [1.807, 2.05) is 30.3 Å². The molecule has 0 bridgehead atoms. The van der Waals surface area contributed by atoms with Crippen LogP contribution in [0.3, 0.4) is 0 Å². The summed E-state index contributed by atoms with van der Waals surface area (Å²) in [7, 11) is 1.55. The minimum absolute atomic E-state index is 0.164. The summed E-state index contributed by atoms with van der Waals surface area (Å²) in [5.74, 6) is -0.575. The summed E-state index contributed by atoms with van der Waals surface area (Å²) in [6.45, 7) is 0. The van der Waals surface area contributed by atoms with Gasteiger partial charge < -0.3 is 15.4 Å². The first-order valence-electron chi connectivity index (χ1n) is 12.0. The molecule has 1 aliphatic rings. The number of methoxy groups -OCH3 is 1. The first-order valence-corrected chi connectivity index (χ1v) is 14.4. The van der Waals surface area contributed by atoms with Crippen LogP contribution in [0, 0.1) is 0 Å². The van der Waals surface area contributed by atoms with E-state index in [1.54, 1.807) is 73.8 Å². The number of carbonyl (C=O) groups excluding carboxylic acids is 3. The second-order valence-corrected chi connectivity index (χ2v) is 11.5. The molecule has 0 radical (unpaired) electrons. The Kier molecular flexibility index (Phi) is 8.39. The van der Waals surface area contributed by atoms with Gasteiger partial charge in [0, 0.05) is 30.8 Å². The fraction of sp³-hybridized carbons (Fsp3) is 0.0333. The largest absolute Gasteiger partial charge is 0.497 e. The lowest BCUT2D eigenvalue weighted by atomic mass is 10.2. The summed E-state index contributed by atoms with van der Waals surface area (Å²) in [5, 5.41) is 6.03. The van der Waals surface area contributed by atoms with Gasteiger partial charge in [0.05, 0.1) is 12.8 Å². The Bertz CT molecular complexity index is 1620. The van der Waals surface area contributed by atoms with Gasteiger partial charge in [-0.05, 0) is 91.0 Å². The van der Waals surface area contributed by atoms with Gasteiger partial charge in [0.2, 0.25) is 0 Å². The van der Waals surface area contributed by atoms with E-state index in [4.69, 9.17) is 4.74 Å². The molecule has 0 aliphatic carbocycles. The van der Waals surface area contributed by atoms with Gasteiger partial charge in [-0.25, -0.2) is 4.90 Å². The van der Waals surface area contributed by atoms with Gasteiger partial charge in [-0.1, -0.05) is 49.7 Å². The molecule has 7 nitrogen and oxygen atoms in total. The van der Waals surface area contributed by atoms with E-state index in [-0.39, 0.29) is 16.5 Å². The van der Waals surface area contributed by atoms with E-state index < -0.39 is 11.8 Å². The molecule has 10 heteroatoms. The number of amides is 3. The van der Waals surface area contributed by atoms with Crippen LogP contribution < -0.4 is 20.3 Å². The van der Waals surface area contributed by atoms with Crippen molar-refractivity contribution in [3.8, 4) is 5.75 Å². The smallest absolute Gasteiger partial charge is 0.283 e. The molecule has 200 valence electrons. The molecule has 0 saturated heterocycles. The highest BCUT2D eigenvalue weighted by molar-refractivity contribution is 9.10. The summed E-state index contributed by atoms with van der Waals surface area (Å²) >= 11 is 7.94. The van der Waals surface area contributed by atoms with Crippen LogP contribution in [-0.2, 0) is 9.59 Å². The second kappa shape index (κ2) is 12.1. The number of ether oxygens (including phenoxy) is 1. The summed E-state index contributed by atoms with van der Waals surface area (Å²) in [6.07, 6.45) is 0. The first-order chi connectivity index (χ1) is 19.3. The zero-order valence-electron chi connectivity index (χ0n) is 21.0. The van der Waals surface area contributed by atoms with E-state index in [2.05, 4.69) is 42.5 Å². The van der Waals surface area contributed by atoms with Crippen LogP contribution in [0.25, 0.3) is 0 Å². The van der Waals surface area contributed by atoms with Crippen molar-refractivity contribution in [2.24, 2.45) is 0 Å². The third kappa shape index (κ3) is 6.14. The number of nitrogens with one attached hydrogen (secondary N) is 2. The van der Waals surface area contributed by atoms with Crippen molar-refractivity contribution in [2.45, 2.75) is 4.90 Å². The molecule has 4 aromatic carbocycles. The van der Waals surface area contributed by atoms with E-state index in [0.717, 1.165) is 25.6 Å². The lowest BCUT2D eigenvalue weighted by molar-refractivity contribution is -0.120. The van der Waals surface area contributed by atoms with Gasteiger partial charge in [0.1, 0.15) is 16.4 Å². The average molecular weight is 679 g/mol. The average Bonchev–Trinajstić information content (AvgIpc) is 3.18. The minimum Gasteiger partial charge on any atom is -0.497 e. The van der Waals surface area contributed by atoms with Gasteiger partial charge >= 0.3 is 0 Å². The molecule has 0 atom stereocenters. The van der Waals surface area contributed by atoms with Gasteiger partial charge in [0.15, 0.2) is 0 Å². The van der Waals surface area contributed by atoms with Crippen molar-refractivity contribution >= 4 is 78.4 Å². The molecule has 0 saturated carbocycles. The number of rotatable bonds is 8. The molecule has 0 aromatic heterocycles. The molecule has 5 rings (SSSR count). The number of hydrogen-bond acceptors (Lipinski definition) is 6. The third-order valence-corrected chi connectivity index (χ3v) is 8.03. The van der Waals surface area contributed by atoms with Crippen LogP contribution in [0.4, 0.5) is 17.1 Å². The topological polar surface area (TPSA) is 87.7 Å². The quantitative estimate of drug-likeness (QED) is 0.188. The Hall–Kier alpha value is -3.86. The number of halogens is 2. The SMILES string of the molecule is COc1ccc(N2C(=O)C(Nc3ccc(Br)cc3)=C(Sc3cccc(NC(=O)c4ccc(Br)cc4)c3)C2=O)cc1. The zero-order chi connectivity index (χ0) is 28.2. The minimum atomic E-state index is -0.472. The van der Waals surface area contributed by atoms with Gasteiger partial charge in [-0.3, -0.25) is 14.4 Å². The molecule has 4 aromatic rings. The Labute approximate surface area is 251 Å². The maximum absolute atomic E-state index is 13.7. The van der Waals surface area contributed by atoms with Crippen LogP contribution in [0.1, 0.15) is 10.4 Å². The van der Waals surface area contributed by atoms with Crippen molar-refractivity contribution in [3.63, 3.8) is 0 Å². The van der Waals surface area contributed by atoms with Gasteiger partial charge in [-0.15, -0.1) is 0 Å². The normalized spacial score (nSPS) is 13.0. The number of nitrogens with zero attached hydrogens (tertiary/aromatic N) is 1. The predicted molar refractivity (Wildman–Crippen MR) is 165 cm³/mol. The van der Waals surface area contributed by atoms with Crippen molar-refractivity contribution in [1.82, 2.24) is 0 Å². The molecule has 1 heterocycles. The standard InChI is InChI=1S/C30H21Br2N3O4S/c1-39-24-15-13-23(14-16-24)35-29(37)26(33-21-11-9-20(32)10-12-21)27(30(35)38)40-25-4-2-3-22(17-25)34-28(36)18-5-7-19(31)8-6-18/h2-17,33H,1H3,(H,34,36). The van der Waals surface area contributed by atoms with E-state index in [0.29, 0.717) is 33.3 Å². The number of carbonyl (C=O) groups is 3. The van der Waals surface area contributed by atoms with Crippen LogP contribution >= 0.6 is 43.6 Å². The molecular weight excluding hydrogens is 658 g/mol. The first kappa shape index (κ1) is 27.7. The highest BCUT2D eigenvalue weighted by Crippen LogP contribution is 2.39. The second-order valence-electron chi connectivity index (χ2n) is 8.57. The van der Waals surface area contributed by atoms with Gasteiger partial charge in [-0.2, -0.15) is 0 Å². The Balaban J connectivity index is 1.44. The molecule has 1 aliphatic heterocycles. The predicted octanol–water partition coefficient (Wildman–Crippen LogP) is 7.46. The monoisotopic (exact) mass is 677 g/mol. The fourth-order valence-corrected chi connectivity index (χ4v) is 5.43. The molecule has 40 heavy (non-hydrogen) atoms. The Morgan fingerprint density at radius 3 is 2.10 bits per heavy atom. The number of hydrogen-bond donors (Lipinski definition) is 2. The van der Waals surface area contributed by atoms with Crippen molar-refractivity contribution < 1.29 is 19.1 Å². The summed E-state index contributed by atoms with van der Waals surface area (Å²) < 4.78 is 6.98. The molecule has 0 spiro atoms. The van der Waals surface area contributed by atoms with Crippen molar-refractivity contribution in [2.75, 3.05) is 22.6 Å². The number of benzene rings is 4. The summed E-state index contributed by atoms with van der Waals surface area (Å²) in [5.41, 5.74) is 2.32. The Morgan fingerprint density at radius 1 is 0.800 bits per heavy atom. The maximum atomic E-state index is 13.7. The maximum Gasteiger partial charge on any atom is 0.283 e. The Morgan fingerprint density at radius 2 is 1.45 bits per heavy atom. The van der Waals surface area contributed by atoms with E-state index in [9.17, 15) is 14.4 Å². The fourth-order valence-electron chi connectivity index (χ4n) is 3.92. The van der Waals surface area contributed by atoms with Crippen LogP contribution in [0.2, 0.25) is 0 Å². The zero-order valence-corrected chi connectivity index (χ0v) is 25.0. The summed E-state index contributed by atoms with van der Waals surface area (Å²) in [6, 6.07) is 28.2. The molecule has 2 N–H and O–H groups in total. The molecule has 0 unspecified atom stereocenters. The number of anilines is 3. The molecular formula is C30H21Br2N3O4S. The molecule has 0 fully saturated rings. The van der Waals surface area contributed by atoms with E-state index in [1.165, 1.54) is 0 Å². The highest BCUT2D eigenvalue weighted by atomic mass is 79.9. The summed E-state index contributed by atoms with van der Waals surface area (Å²) in [4.78, 5) is 42.1. The number of thioether (sulfide) groups is 1. The third-order valence-electron chi connectivity index (χ3n) is 5.90. The lowest BCUT2D eigenvalue weighted by Crippen LogP contribution is -2.32. The van der Waals surface area contributed by atoms with Gasteiger partial charge in [0.25, 0.3) is 17.7 Å². The van der Waals surface area contributed by atoms with Crippen LogP contribution in [-0.4, -0.2) is 24.8 Å².